The van der Waals surface area contributed by atoms with Gasteiger partial charge in [0, 0.05) is 46.9 Å². The van der Waals surface area contributed by atoms with Gasteiger partial charge in [0.2, 0.25) is 0 Å². The summed E-state index contributed by atoms with van der Waals surface area (Å²) >= 11 is 0. The van der Waals surface area contributed by atoms with Crippen molar-refractivity contribution in [3.63, 3.8) is 0 Å². The summed E-state index contributed by atoms with van der Waals surface area (Å²) in [4.78, 5) is 10.3. The number of anilines is 5. The van der Waals surface area contributed by atoms with E-state index in [1.54, 1.807) is 12.1 Å². The Hall–Kier alpha value is -5.98. The fourth-order valence-corrected chi connectivity index (χ4v) is 4.57. The molecule has 0 aliphatic rings. The van der Waals surface area contributed by atoms with E-state index in [0.717, 1.165) is 67.6 Å². The van der Waals surface area contributed by atoms with Crippen molar-refractivity contribution >= 4 is 34.4 Å². The number of aromatic nitrogens is 4. The van der Waals surface area contributed by atoms with Gasteiger partial charge in [-0.15, -0.1) is 0 Å². The molecule has 0 amide bonds. The van der Waals surface area contributed by atoms with Crippen LogP contribution in [0.25, 0.3) is 22.5 Å². The molecular weight excluding hydrogens is 584 g/mol. The third-order valence-electron chi connectivity index (χ3n) is 7.26. The second kappa shape index (κ2) is 14.2. The standard InChI is InChI=1S/C17H16N4O3.C17H18N4O/c1-11-2-3-12(10-22)8-15(11)18-17-9-16(19-20-17)13-4-6-14(7-5-13)21(23)24;1-11-2-3-12(10-22)8-15(11)19-17-9-16(20-21-17)13-4-6-14(18)7-5-13/h2-9,22H,10H2,1H3,(H2,18,19,20);2-9,22H,10,18H2,1H3,(H2,19,20,21). The molecule has 0 fully saturated rings. The van der Waals surface area contributed by atoms with Gasteiger partial charge in [-0.05, 0) is 78.1 Å². The van der Waals surface area contributed by atoms with Gasteiger partial charge < -0.3 is 26.6 Å². The zero-order chi connectivity index (χ0) is 32.6. The van der Waals surface area contributed by atoms with E-state index in [1.807, 2.05) is 86.6 Å². The van der Waals surface area contributed by atoms with E-state index >= 15 is 0 Å². The van der Waals surface area contributed by atoms with Crippen LogP contribution in [0.5, 0.6) is 0 Å². The van der Waals surface area contributed by atoms with Crippen LogP contribution in [-0.2, 0) is 13.2 Å². The van der Waals surface area contributed by atoms with Crippen LogP contribution < -0.4 is 16.4 Å². The van der Waals surface area contributed by atoms with Crippen LogP contribution in [0.15, 0.2) is 97.1 Å². The highest BCUT2D eigenvalue weighted by atomic mass is 16.6. The van der Waals surface area contributed by atoms with E-state index in [9.17, 15) is 20.3 Å². The highest BCUT2D eigenvalue weighted by Crippen LogP contribution is 2.27. The monoisotopic (exact) mass is 618 g/mol. The minimum absolute atomic E-state index is 0.0201. The number of hydrogen-bond acceptors (Lipinski definition) is 9. The Labute approximate surface area is 265 Å². The van der Waals surface area contributed by atoms with E-state index in [0.29, 0.717) is 5.82 Å². The molecule has 6 rings (SSSR count). The van der Waals surface area contributed by atoms with Gasteiger partial charge in [-0.1, -0.05) is 36.4 Å². The summed E-state index contributed by atoms with van der Waals surface area (Å²) in [7, 11) is 0. The van der Waals surface area contributed by atoms with Crippen LogP contribution in [0.4, 0.5) is 34.4 Å². The number of nitro benzene ring substituents is 1. The number of benzene rings is 4. The molecule has 0 aliphatic carbocycles. The van der Waals surface area contributed by atoms with Crippen molar-refractivity contribution in [2.45, 2.75) is 27.1 Å². The summed E-state index contributed by atoms with van der Waals surface area (Å²) in [5, 5.41) is 50.0. The van der Waals surface area contributed by atoms with Crippen molar-refractivity contribution in [1.82, 2.24) is 20.4 Å². The normalized spacial score (nSPS) is 10.6. The van der Waals surface area contributed by atoms with Gasteiger partial charge >= 0.3 is 0 Å². The van der Waals surface area contributed by atoms with Gasteiger partial charge in [-0.25, -0.2) is 0 Å². The minimum Gasteiger partial charge on any atom is -0.399 e. The summed E-state index contributed by atoms with van der Waals surface area (Å²) in [5.74, 6) is 1.35. The van der Waals surface area contributed by atoms with Crippen molar-refractivity contribution in [1.29, 1.82) is 0 Å². The number of H-pyrrole nitrogens is 2. The third kappa shape index (κ3) is 7.75. The van der Waals surface area contributed by atoms with Gasteiger partial charge in [0.15, 0.2) is 11.6 Å². The first-order chi connectivity index (χ1) is 22.2. The first-order valence-corrected chi connectivity index (χ1v) is 14.4. The Morgan fingerprint density at radius 1 is 0.696 bits per heavy atom. The number of rotatable bonds is 9. The summed E-state index contributed by atoms with van der Waals surface area (Å²) in [6.45, 7) is 3.97. The van der Waals surface area contributed by atoms with E-state index < -0.39 is 4.92 Å². The Morgan fingerprint density at radius 3 is 1.54 bits per heavy atom. The number of aryl methyl sites for hydroxylation is 2. The molecule has 46 heavy (non-hydrogen) atoms. The minimum atomic E-state index is -0.430. The molecule has 0 saturated carbocycles. The summed E-state index contributed by atoms with van der Waals surface area (Å²) in [6, 6.07) is 29.1. The Bertz CT molecular complexity index is 1930. The van der Waals surface area contributed by atoms with E-state index in [4.69, 9.17) is 5.73 Å². The number of non-ortho nitro benzene ring substituents is 1. The summed E-state index contributed by atoms with van der Waals surface area (Å²) < 4.78 is 0. The second-order valence-electron chi connectivity index (χ2n) is 10.6. The molecule has 0 spiro atoms. The first-order valence-electron chi connectivity index (χ1n) is 14.4. The van der Waals surface area contributed by atoms with Crippen LogP contribution in [-0.4, -0.2) is 35.5 Å². The van der Waals surface area contributed by atoms with Gasteiger partial charge in [-0.2, -0.15) is 10.2 Å². The fourth-order valence-electron chi connectivity index (χ4n) is 4.57. The predicted octanol–water partition coefficient (Wildman–Crippen LogP) is 6.73. The van der Waals surface area contributed by atoms with E-state index in [2.05, 4.69) is 31.0 Å². The number of aromatic amines is 2. The topological polar surface area (TPSA) is 191 Å². The molecule has 12 nitrogen and oxygen atoms in total. The number of nitrogens with one attached hydrogen (secondary N) is 4. The summed E-state index contributed by atoms with van der Waals surface area (Å²) in [6.07, 6.45) is 0. The molecule has 0 bridgehead atoms. The molecule has 8 N–H and O–H groups in total. The van der Waals surface area contributed by atoms with E-state index in [-0.39, 0.29) is 18.9 Å². The predicted molar refractivity (Wildman–Crippen MR) is 180 cm³/mol. The Kier molecular flexibility index (Phi) is 9.71. The molecule has 0 saturated heterocycles. The van der Waals surface area contributed by atoms with Crippen molar-refractivity contribution in [3.05, 3.63) is 129 Å². The average Bonchev–Trinajstić information content (AvgIpc) is 3.74. The number of aliphatic hydroxyl groups is 2. The van der Waals surface area contributed by atoms with Crippen molar-refractivity contribution in [2.75, 3.05) is 16.4 Å². The fraction of sp³-hybridized carbons (Fsp3) is 0.118. The first kappa shape index (κ1) is 31.4. The molecule has 12 heteroatoms. The number of nitrogens with zero attached hydrogens (tertiary/aromatic N) is 3. The highest BCUT2D eigenvalue weighted by Gasteiger charge is 2.10. The molecule has 0 atom stereocenters. The number of nitrogens with two attached hydrogens (primary N) is 1. The lowest BCUT2D eigenvalue weighted by molar-refractivity contribution is -0.384. The lowest BCUT2D eigenvalue weighted by Gasteiger charge is -2.08. The maximum Gasteiger partial charge on any atom is 0.269 e. The van der Waals surface area contributed by atoms with Crippen molar-refractivity contribution in [2.24, 2.45) is 0 Å². The average molecular weight is 619 g/mol. The van der Waals surface area contributed by atoms with Crippen LogP contribution in [0.1, 0.15) is 22.3 Å². The highest BCUT2D eigenvalue weighted by molar-refractivity contribution is 5.69. The van der Waals surface area contributed by atoms with Crippen LogP contribution in [0.3, 0.4) is 0 Å². The van der Waals surface area contributed by atoms with Crippen LogP contribution in [0.2, 0.25) is 0 Å². The molecule has 0 aliphatic heterocycles. The van der Waals surface area contributed by atoms with Gasteiger partial charge in [0.1, 0.15) is 0 Å². The van der Waals surface area contributed by atoms with Crippen molar-refractivity contribution < 1.29 is 15.1 Å². The quantitative estimate of drug-likeness (QED) is 0.0523. The Morgan fingerprint density at radius 2 is 1.13 bits per heavy atom. The number of aliphatic hydroxyl groups excluding tert-OH is 2. The maximum atomic E-state index is 10.7. The largest absolute Gasteiger partial charge is 0.399 e. The molecule has 4 aromatic carbocycles. The van der Waals surface area contributed by atoms with Gasteiger partial charge in [0.05, 0.1) is 29.5 Å². The molecule has 2 heterocycles. The third-order valence-corrected chi connectivity index (χ3v) is 7.26. The lowest BCUT2D eigenvalue weighted by atomic mass is 10.1. The van der Waals surface area contributed by atoms with E-state index in [1.165, 1.54) is 12.1 Å². The lowest BCUT2D eigenvalue weighted by Crippen LogP contribution is -1.95. The molecule has 0 radical (unpaired) electrons. The molecule has 0 unspecified atom stereocenters. The maximum absolute atomic E-state index is 10.7. The number of hydrogen-bond donors (Lipinski definition) is 7. The molecule has 2 aromatic heterocycles. The van der Waals surface area contributed by atoms with Crippen molar-refractivity contribution in [3.8, 4) is 22.5 Å². The molecular formula is C34H34N8O4. The number of nitrogen functional groups attached to an aromatic ring is 1. The van der Waals surface area contributed by atoms with Gasteiger partial charge in [-0.3, -0.25) is 20.3 Å². The number of nitro groups is 1. The zero-order valence-corrected chi connectivity index (χ0v) is 25.3. The molecule has 6 aromatic rings. The second-order valence-corrected chi connectivity index (χ2v) is 10.6. The van der Waals surface area contributed by atoms with Crippen LogP contribution >= 0.6 is 0 Å². The van der Waals surface area contributed by atoms with Gasteiger partial charge in [0.25, 0.3) is 5.69 Å². The Balaban J connectivity index is 0.000000182. The smallest absolute Gasteiger partial charge is 0.269 e. The molecule has 234 valence electrons. The van der Waals surface area contributed by atoms with Crippen LogP contribution in [0, 0.1) is 24.0 Å². The summed E-state index contributed by atoms with van der Waals surface area (Å²) in [5.41, 5.74) is 15.6. The SMILES string of the molecule is Cc1ccc(CO)cc1Nc1cc(-c2ccc(N)cc2)[nH]n1.Cc1ccc(CO)cc1Nc1cc(-c2ccc([N+](=O)[O-])cc2)[nH]n1. The zero-order valence-electron chi connectivity index (χ0n) is 25.3.